The number of ether oxygens (including phenoxy) is 3. The van der Waals surface area contributed by atoms with Crippen LogP contribution in [0.2, 0.25) is 0 Å². The van der Waals surface area contributed by atoms with E-state index in [0.29, 0.717) is 18.8 Å². The Balaban J connectivity index is 2.22. The predicted molar refractivity (Wildman–Crippen MR) is 82.0 cm³/mol. The molecule has 0 spiro atoms. The van der Waals surface area contributed by atoms with Gasteiger partial charge in [0.25, 0.3) is 0 Å². The summed E-state index contributed by atoms with van der Waals surface area (Å²) in [5, 5.41) is 0. The fourth-order valence-corrected chi connectivity index (χ4v) is 2.52. The minimum atomic E-state index is -0.511. The number of esters is 2. The molecule has 1 heterocycles. The summed E-state index contributed by atoms with van der Waals surface area (Å²) in [4.78, 5) is 23.5. The van der Waals surface area contributed by atoms with Gasteiger partial charge in [-0.2, -0.15) is 11.8 Å². The van der Waals surface area contributed by atoms with Gasteiger partial charge in [-0.1, -0.05) is 6.92 Å². The van der Waals surface area contributed by atoms with Crippen LogP contribution < -0.4 is 0 Å². The van der Waals surface area contributed by atoms with Crippen molar-refractivity contribution in [1.82, 2.24) is 0 Å². The highest BCUT2D eigenvalue weighted by atomic mass is 32.2. The van der Waals surface area contributed by atoms with Crippen LogP contribution in [0.4, 0.5) is 0 Å². The standard InChI is InChI=1S/C15H26O5S/c1-4-15(2,3)14(17)19-9-7-12(16)20-13-11-21-10-6-5-8-18-13/h13H,4-11H2,1-3H3. The monoisotopic (exact) mass is 318 g/mol. The molecule has 1 saturated heterocycles. The molecule has 5 nitrogen and oxygen atoms in total. The molecule has 0 N–H and O–H groups in total. The third kappa shape index (κ3) is 7.18. The topological polar surface area (TPSA) is 61.8 Å². The number of rotatable bonds is 6. The number of carbonyl (C=O) groups is 2. The molecule has 1 unspecified atom stereocenters. The van der Waals surface area contributed by atoms with E-state index in [1.54, 1.807) is 11.8 Å². The molecule has 0 amide bonds. The molecule has 0 aromatic heterocycles. The van der Waals surface area contributed by atoms with Crippen molar-refractivity contribution in [3.8, 4) is 0 Å². The summed E-state index contributed by atoms with van der Waals surface area (Å²) in [6.07, 6.45) is 2.41. The van der Waals surface area contributed by atoms with E-state index in [1.807, 2.05) is 20.8 Å². The van der Waals surface area contributed by atoms with Crippen LogP contribution in [-0.2, 0) is 23.8 Å². The summed E-state index contributed by atoms with van der Waals surface area (Å²) in [5.41, 5.74) is -0.511. The second-order valence-corrected chi connectivity index (χ2v) is 6.85. The Hall–Kier alpha value is -0.750. The molecule has 1 rings (SSSR count). The number of hydrogen-bond donors (Lipinski definition) is 0. The van der Waals surface area contributed by atoms with Crippen molar-refractivity contribution in [2.45, 2.75) is 52.7 Å². The average Bonchev–Trinajstić information content (AvgIpc) is 2.41. The van der Waals surface area contributed by atoms with Gasteiger partial charge in [-0.15, -0.1) is 0 Å². The Labute approximate surface area is 131 Å². The lowest BCUT2D eigenvalue weighted by atomic mass is 9.91. The molecule has 0 aliphatic carbocycles. The van der Waals surface area contributed by atoms with Gasteiger partial charge in [-0.05, 0) is 38.9 Å². The van der Waals surface area contributed by atoms with Crippen molar-refractivity contribution in [2.24, 2.45) is 5.41 Å². The van der Waals surface area contributed by atoms with Crippen molar-refractivity contribution >= 4 is 23.7 Å². The lowest BCUT2D eigenvalue weighted by Gasteiger charge is -2.21. The molecule has 21 heavy (non-hydrogen) atoms. The molecule has 1 fully saturated rings. The second-order valence-electron chi connectivity index (χ2n) is 5.70. The molecule has 0 saturated carbocycles. The van der Waals surface area contributed by atoms with E-state index in [0.717, 1.165) is 18.6 Å². The van der Waals surface area contributed by atoms with Crippen LogP contribution in [0.5, 0.6) is 0 Å². The van der Waals surface area contributed by atoms with E-state index < -0.39 is 11.7 Å². The summed E-state index contributed by atoms with van der Waals surface area (Å²) in [7, 11) is 0. The molecular formula is C15H26O5S. The van der Waals surface area contributed by atoms with Gasteiger partial charge in [0, 0.05) is 0 Å². The van der Waals surface area contributed by atoms with Gasteiger partial charge in [0.15, 0.2) is 0 Å². The predicted octanol–water partition coefficient (Wildman–Crippen LogP) is 2.77. The lowest BCUT2D eigenvalue weighted by Crippen LogP contribution is -2.28. The molecule has 122 valence electrons. The fourth-order valence-electron chi connectivity index (χ4n) is 1.59. The SMILES string of the molecule is CCC(C)(C)C(=O)OCCC(=O)OC1CSCCCCO1. The van der Waals surface area contributed by atoms with Crippen molar-refractivity contribution in [2.75, 3.05) is 24.7 Å². The number of hydrogen-bond acceptors (Lipinski definition) is 6. The van der Waals surface area contributed by atoms with Gasteiger partial charge in [0.2, 0.25) is 6.29 Å². The fraction of sp³-hybridized carbons (Fsp3) is 0.867. The van der Waals surface area contributed by atoms with Crippen LogP contribution in [0.3, 0.4) is 0 Å². The number of carbonyl (C=O) groups excluding carboxylic acids is 2. The van der Waals surface area contributed by atoms with E-state index in [2.05, 4.69) is 0 Å². The molecular weight excluding hydrogens is 292 g/mol. The highest BCUT2D eigenvalue weighted by molar-refractivity contribution is 7.99. The zero-order valence-electron chi connectivity index (χ0n) is 13.2. The van der Waals surface area contributed by atoms with Gasteiger partial charge in [-0.25, -0.2) is 0 Å². The van der Waals surface area contributed by atoms with Gasteiger partial charge in [-0.3, -0.25) is 9.59 Å². The molecule has 0 aromatic carbocycles. The largest absolute Gasteiger partial charge is 0.465 e. The molecule has 6 heteroatoms. The highest BCUT2D eigenvalue weighted by Gasteiger charge is 2.27. The maximum absolute atomic E-state index is 11.7. The van der Waals surface area contributed by atoms with Gasteiger partial charge in [0.05, 0.1) is 24.2 Å². The van der Waals surface area contributed by atoms with Crippen molar-refractivity contribution in [1.29, 1.82) is 0 Å². The van der Waals surface area contributed by atoms with Gasteiger partial charge >= 0.3 is 11.9 Å². The lowest BCUT2D eigenvalue weighted by molar-refractivity contribution is -0.175. The smallest absolute Gasteiger partial charge is 0.311 e. The van der Waals surface area contributed by atoms with Crippen molar-refractivity contribution in [3.05, 3.63) is 0 Å². The van der Waals surface area contributed by atoms with Crippen LogP contribution in [0.15, 0.2) is 0 Å². The van der Waals surface area contributed by atoms with Crippen LogP contribution in [0.25, 0.3) is 0 Å². The Morgan fingerprint density at radius 2 is 2.10 bits per heavy atom. The minimum Gasteiger partial charge on any atom is -0.465 e. The first-order chi connectivity index (χ1) is 9.95. The molecule has 0 radical (unpaired) electrons. The van der Waals surface area contributed by atoms with Crippen molar-refractivity contribution in [3.63, 3.8) is 0 Å². The summed E-state index contributed by atoms with van der Waals surface area (Å²) < 4.78 is 15.8. The summed E-state index contributed by atoms with van der Waals surface area (Å²) in [5.74, 6) is 1.06. The molecule has 1 aliphatic heterocycles. The number of thioether (sulfide) groups is 1. The first-order valence-electron chi connectivity index (χ1n) is 7.52. The van der Waals surface area contributed by atoms with E-state index in [4.69, 9.17) is 14.2 Å². The van der Waals surface area contributed by atoms with E-state index >= 15 is 0 Å². The van der Waals surface area contributed by atoms with Crippen LogP contribution in [0, 0.1) is 5.41 Å². The molecule has 1 atom stereocenters. The normalized spacial score (nSPS) is 20.2. The quantitative estimate of drug-likeness (QED) is 0.702. The first kappa shape index (κ1) is 18.3. The Bertz CT molecular complexity index is 335. The van der Waals surface area contributed by atoms with E-state index in [1.165, 1.54) is 0 Å². The summed E-state index contributed by atoms with van der Waals surface area (Å²) in [6, 6.07) is 0. The third-order valence-corrected chi connectivity index (χ3v) is 4.56. The Morgan fingerprint density at radius 1 is 1.33 bits per heavy atom. The maximum atomic E-state index is 11.7. The second kappa shape index (κ2) is 9.30. The van der Waals surface area contributed by atoms with Crippen LogP contribution in [-0.4, -0.2) is 42.9 Å². The average molecular weight is 318 g/mol. The maximum Gasteiger partial charge on any atom is 0.311 e. The zero-order chi connectivity index (χ0) is 15.7. The minimum absolute atomic E-state index is 0.0565. The zero-order valence-corrected chi connectivity index (χ0v) is 14.0. The Kier molecular flexibility index (Phi) is 8.11. The Morgan fingerprint density at radius 3 is 2.81 bits per heavy atom. The van der Waals surface area contributed by atoms with Crippen LogP contribution >= 0.6 is 11.8 Å². The summed E-state index contributed by atoms with van der Waals surface area (Å²) >= 11 is 1.73. The highest BCUT2D eigenvalue weighted by Crippen LogP contribution is 2.21. The molecule has 0 bridgehead atoms. The summed E-state index contributed by atoms with van der Waals surface area (Å²) in [6.45, 7) is 6.26. The first-order valence-corrected chi connectivity index (χ1v) is 8.67. The molecule has 1 aliphatic rings. The molecule has 0 aromatic rings. The third-order valence-electron chi connectivity index (χ3n) is 3.48. The van der Waals surface area contributed by atoms with Gasteiger partial charge < -0.3 is 14.2 Å². The van der Waals surface area contributed by atoms with Crippen LogP contribution in [0.1, 0.15) is 46.5 Å². The van der Waals surface area contributed by atoms with Crippen molar-refractivity contribution < 1.29 is 23.8 Å². The van der Waals surface area contributed by atoms with E-state index in [-0.39, 0.29) is 25.0 Å². The van der Waals surface area contributed by atoms with E-state index in [9.17, 15) is 9.59 Å². The van der Waals surface area contributed by atoms with Gasteiger partial charge in [0.1, 0.15) is 6.61 Å².